The minimum atomic E-state index is -0.348. The van der Waals surface area contributed by atoms with Crippen molar-refractivity contribution in [1.82, 2.24) is 10.6 Å². The first kappa shape index (κ1) is 19.7. The fourth-order valence-electron chi connectivity index (χ4n) is 2.28. The van der Waals surface area contributed by atoms with Crippen molar-refractivity contribution in [3.63, 3.8) is 0 Å². The molecule has 0 saturated carbocycles. The number of hydrogen-bond donors (Lipinski definition) is 3. The topological polar surface area (TPSA) is 53.5 Å². The van der Waals surface area contributed by atoms with Crippen LogP contribution in [0, 0.1) is 5.82 Å². The Morgan fingerprint density at radius 1 is 1.12 bits per heavy atom. The minimum Gasteiger partial charge on any atom is -0.489 e. The van der Waals surface area contributed by atoms with Crippen LogP contribution in [-0.2, 0) is 13.2 Å². The molecule has 1 atom stereocenters. The van der Waals surface area contributed by atoms with E-state index in [-0.39, 0.29) is 11.9 Å². The van der Waals surface area contributed by atoms with E-state index in [9.17, 15) is 9.50 Å². The van der Waals surface area contributed by atoms with Gasteiger partial charge in [-0.05, 0) is 42.8 Å². The van der Waals surface area contributed by atoms with Gasteiger partial charge in [-0.15, -0.1) is 0 Å². The highest BCUT2D eigenvalue weighted by Gasteiger charge is 2.06. The molecule has 0 radical (unpaired) electrons. The lowest BCUT2D eigenvalue weighted by molar-refractivity contribution is 0.191. The Bertz CT molecular complexity index is 650. The van der Waals surface area contributed by atoms with Gasteiger partial charge < -0.3 is 20.5 Å². The molecule has 0 aromatic heterocycles. The Labute approximate surface area is 153 Å². The molecule has 0 aliphatic rings. The molecule has 0 aliphatic carbocycles. The van der Waals surface area contributed by atoms with E-state index in [0.29, 0.717) is 24.7 Å². The predicted molar refractivity (Wildman–Crippen MR) is 98.4 cm³/mol. The van der Waals surface area contributed by atoms with Crippen molar-refractivity contribution < 1.29 is 14.2 Å². The van der Waals surface area contributed by atoms with Gasteiger partial charge >= 0.3 is 0 Å². The second-order valence-electron chi connectivity index (χ2n) is 5.90. The Kier molecular flexibility index (Phi) is 8.15. The fraction of sp³-hybridized carbons (Fsp3) is 0.368. The zero-order chi connectivity index (χ0) is 18.1. The minimum absolute atomic E-state index is 0.260. The SMILES string of the molecule is C[C@H](O)CNCCNCc1cc(Cl)ccc1OCc1ccc(F)cc1. The second-order valence-corrected chi connectivity index (χ2v) is 6.33. The molecule has 2 aromatic carbocycles. The summed E-state index contributed by atoms with van der Waals surface area (Å²) in [7, 11) is 0. The van der Waals surface area contributed by atoms with E-state index in [0.717, 1.165) is 30.0 Å². The van der Waals surface area contributed by atoms with Gasteiger partial charge in [-0.1, -0.05) is 23.7 Å². The molecule has 0 amide bonds. The average Bonchev–Trinajstić information content (AvgIpc) is 2.58. The number of nitrogens with one attached hydrogen (secondary N) is 2. The van der Waals surface area contributed by atoms with E-state index in [1.807, 2.05) is 12.1 Å². The molecule has 2 rings (SSSR count). The summed E-state index contributed by atoms with van der Waals surface area (Å²) in [4.78, 5) is 0. The molecule has 2 aromatic rings. The summed E-state index contributed by atoms with van der Waals surface area (Å²) in [5, 5.41) is 16.3. The Morgan fingerprint density at radius 3 is 2.56 bits per heavy atom. The third-order valence-corrected chi connectivity index (χ3v) is 3.80. The lowest BCUT2D eigenvalue weighted by Gasteiger charge is -2.13. The molecule has 0 aliphatic heterocycles. The third kappa shape index (κ3) is 7.40. The van der Waals surface area contributed by atoms with Crippen LogP contribution in [0.15, 0.2) is 42.5 Å². The van der Waals surface area contributed by atoms with Crippen molar-refractivity contribution in [3.05, 3.63) is 64.4 Å². The van der Waals surface area contributed by atoms with E-state index in [4.69, 9.17) is 16.3 Å². The van der Waals surface area contributed by atoms with Crippen molar-refractivity contribution in [2.24, 2.45) is 0 Å². The van der Waals surface area contributed by atoms with E-state index in [1.165, 1.54) is 12.1 Å². The van der Waals surface area contributed by atoms with Crippen LogP contribution in [0.25, 0.3) is 0 Å². The van der Waals surface area contributed by atoms with Gasteiger partial charge in [-0.3, -0.25) is 0 Å². The summed E-state index contributed by atoms with van der Waals surface area (Å²) in [6, 6.07) is 11.8. The van der Waals surface area contributed by atoms with Gasteiger partial charge in [0.05, 0.1) is 6.10 Å². The molecule has 136 valence electrons. The maximum atomic E-state index is 12.9. The number of aliphatic hydroxyl groups excluding tert-OH is 1. The number of halogens is 2. The van der Waals surface area contributed by atoms with Crippen LogP contribution in [0.5, 0.6) is 5.75 Å². The standard InChI is InChI=1S/C19H24ClFN2O2/c1-14(24)11-22-8-9-23-12-16-10-17(20)4-7-19(16)25-13-15-2-5-18(21)6-3-15/h2-7,10,14,22-24H,8-9,11-13H2,1H3/t14-/m0/s1. The summed E-state index contributed by atoms with van der Waals surface area (Å²) < 4.78 is 18.8. The second kappa shape index (κ2) is 10.4. The van der Waals surface area contributed by atoms with Gasteiger partial charge in [-0.25, -0.2) is 4.39 Å². The molecule has 0 unspecified atom stereocenters. The van der Waals surface area contributed by atoms with E-state index in [1.54, 1.807) is 25.1 Å². The van der Waals surface area contributed by atoms with E-state index in [2.05, 4.69) is 10.6 Å². The molecule has 0 bridgehead atoms. The average molecular weight is 367 g/mol. The zero-order valence-electron chi connectivity index (χ0n) is 14.3. The number of aliphatic hydroxyl groups is 1. The van der Waals surface area contributed by atoms with Crippen LogP contribution < -0.4 is 15.4 Å². The molecule has 4 nitrogen and oxygen atoms in total. The van der Waals surface area contributed by atoms with Gasteiger partial charge in [0.15, 0.2) is 0 Å². The Morgan fingerprint density at radius 2 is 1.84 bits per heavy atom. The lowest BCUT2D eigenvalue weighted by Crippen LogP contribution is -2.31. The zero-order valence-corrected chi connectivity index (χ0v) is 15.0. The van der Waals surface area contributed by atoms with Crippen LogP contribution in [0.2, 0.25) is 5.02 Å². The molecule has 25 heavy (non-hydrogen) atoms. The Balaban J connectivity index is 1.85. The van der Waals surface area contributed by atoms with Gasteiger partial charge in [0, 0.05) is 36.8 Å². The highest BCUT2D eigenvalue weighted by Crippen LogP contribution is 2.24. The van der Waals surface area contributed by atoms with Gasteiger partial charge in [0.2, 0.25) is 0 Å². The van der Waals surface area contributed by atoms with Gasteiger partial charge in [0.25, 0.3) is 0 Å². The van der Waals surface area contributed by atoms with Gasteiger partial charge in [-0.2, -0.15) is 0 Å². The lowest BCUT2D eigenvalue weighted by atomic mass is 10.2. The summed E-state index contributed by atoms with van der Waals surface area (Å²) in [6.07, 6.45) is -0.348. The summed E-state index contributed by atoms with van der Waals surface area (Å²) >= 11 is 6.08. The number of hydrogen-bond acceptors (Lipinski definition) is 4. The molecular formula is C19H24ClFN2O2. The van der Waals surface area contributed by atoms with Crippen molar-refractivity contribution in [1.29, 1.82) is 0 Å². The van der Waals surface area contributed by atoms with Crippen molar-refractivity contribution in [3.8, 4) is 5.75 Å². The molecular weight excluding hydrogens is 343 g/mol. The molecule has 0 spiro atoms. The Hall–Kier alpha value is -1.66. The first-order valence-electron chi connectivity index (χ1n) is 8.30. The first-order valence-corrected chi connectivity index (χ1v) is 8.67. The van der Waals surface area contributed by atoms with Crippen LogP contribution in [0.3, 0.4) is 0 Å². The molecule has 0 fully saturated rings. The third-order valence-electron chi connectivity index (χ3n) is 3.56. The predicted octanol–water partition coefficient (Wildman–Crippen LogP) is 3.12. The molecule has 0 heterocycles. The van der Waals surface area contributed by atoms with Crippen LogP contribution in [-0.4, -0.2) is 30.8 Å². The largest absolute Gasteiger partial charge is 0.489 e. The highest BCUT2D eigenvalue weighted by atomic mass is 35.5. The number of rotatable bonds is 10. The van der Waals surface area contributed by atoms with Crippen LogP contribution in [0.4, 0.5) is 4.39 Å². The number of ether oxygens (including phenoxy) is 1. The van der Waals surface area contributed by atoms with Crippen LogP contribution in [0.1, 0.15) is 18.1 Å². The maximum absolute atomic E-state index is 12.9. The van der Waals surface area contributed by atoms with E-state index >= 15 is 0 Å². The van der Waals surface area contributed by atoms with Crippen molar-refractivity contribution in [2.45, 2.75) is 26.2 Å². The monoisotopic (exact) mass is 366 g/mol. The summed E-state index contributed by atoms with van der Waals surface area (Å²) in [5.74, 6) is 0.488. The highest BCUT2D eigenvalue weighted by molar-refractivity contribution is 6.30. The van der Waals surface area contributed by atoms with Crippen LogP contribution >= 0.6 is 11.6 Å². The smallest absolute Gasteiger partial charge is 0.124 e. The number of benzene rings is 2. The quantitative estimate of drug-likeness (QED) is 0.565. The summed E-state index contributed by atoms with van der Waals surface area (Å²) in [5.41, 5.74) is 1.86. The normalized spacial score (nSPS) is 12.2. The molecule has 6 heteroatoms. The fourth-order valence-corrected chi connectivity index (χ4v) is 2.47. The maximum Gasteiger partial charge on any atom is 0.124 e. The molecule has 0 saturated heterocycles. The molecule has 3 N–H and O–H groups in total. The van der Waals surface area contributed by atoms with Crippen molar-refractivity contribution in [2.75, 3.05) is 19.6 Å². The summed E-state index contributed by atoms with van der Waals surface area (Å²) in [6.45, 7) is 4.83. The van der Waals surface area contributed by atoms with Crippen molar-refractivity contribution >= 4 is 11.6 Å². The van der Waals surface area contributed by atoms with Gasteiger partial charge in [0.1, 0.15) is 18.2 Å². The van der Waals surface area contributed by atoms with E-state index < -0.39 is 0 Å². The first-order chi connectivity index (χ1) is 12.0.